The lowest BCUT2D eigenvalue weighted by molar-refractivity contribution is -0.129. The highest BCUT2D eigenvalue weighted by molar-refractivity contribution is 5.98. The Balaban J connectivity index is 1.64. The van der Waals surface area contributed by atoms with E-state index in [9.17, 15) is 9.59 Å². The number of fused-ring (bicyclic) bond motifs is 1. The highest BCUT2D eigenvalue weighted by Gasteiger charge is 2.35. The van der Waals surface area contributed by atoms with Crippen molar-refractivity contribution in [2.75, 3.05) is 43.5 Å². The maximum absolute atomic E-state index is 13.1. The Kier molecular flexibility index (Phi) is 6.40. The number of ether oxygens (including phenoxy) is 1. The van der Waals surface area contributed by atoms with E-state index in [1.165, 1.54) is 0 Å². The summed E-state index contributed by atoms with van der Waals surface area (Å²) in [5.74, 6) is 2.03. The number of nitrogens with one attached hydrogen (secondary N) is 1. The molecule has 1 aromatic heterocycles. The fraction of sp³-hybridized carbons (Fsp3) is 0.500. The van der Waals surface area contributed by atoms with E-state index in [0.717, 1.165) is 16.9 Å². The number of methoxy groups -OCH3 is 1. The minimum Gasteiger partial charge on any atom is -0.497 e. The number of hydrogen-bond acceptors (Lipinski definition) is 7. The first-order valence-corrected chi connectivity index (χ1v) is 11.4. The molecule has 1 fully saturated rings. The first-order chi connectivity index (χ1) is 15.8. The van der Waals surface area contributed by atoms with Crippen LogP contribution in [-0.4, -0.2) is 70.9 Å². The first kappa shape index (κ1) is 22.8. The third-order valence-electron chi connectivity index (χ3n) is 6.39. The van der Waals surface area contributed by atoms with Gasteiger partial charge in [0.1, 0.15) is 17.3 Å². The van der Waals surface area contributed by atoms with Gasteiger partial charge in [0.15, 0.2) is 0 Å². The minimum atomic E-state index is -0.0637. The molecule has 0 saturated carbocycles. The molecule has 1 atom stereocenters. The number of nitrogens with zero attached hydrogens (tertiary/aromatic N) is 5. The Morgan fingerprint density at radius 1 is 1.06 bits per heavy atom. The van der Waals surface area contributed by atoms with Crippen LogP contribution in [0.2, 0.25) is 0 Å². The molecule has 2 aliphatic rings. The number of anilines is 2. The van der Waals surface area contributed by atoms with Crippen LogP contribution in [0.25, 0.3) is 0 Å². The second kappa shape index (κ2) is 9.25. The maximum Gasteiger partial charge on any atom is 0.273 e. The third kappa shape index (κ3) is 4.58. The zero-order valence-electron chi connectivity index (χ0n) is 20.0. The average molecular weight is 453 g/mol. The fourth-order valence-corrected chi connectivity index (χ4v) is 4.26. The lowest BCUT2D eigenvalue weighted by Gasteiger charge is -2.34. The normalized spacial score (nSPS) is 16.8. The summed E-state index contributed by atoms with van der Waals surface area (Å²) < 4.78 is 5.26. The molecular weight excluding hydrogens is 420 g/mol. The molecule has 1 N–H and O–H groups in total. The van der Waals surface area contributed by atoms with Gasteiger partial charge in [-0.1, -0.05) is 12.1 Å². The van der Waals surface area contributed by atoms with Gasteiger partial charge < -0.3 is 24.8 Å². The van der Waals surface area contributed by atoms with Crippen molar-refractivity contribution in [1.29, 1.82) is 0 Å². The molecule has 0 unspecified atom stereocenters. The topological polar surface area (TPSA) is 90.9 Å². The second-order valence-corrected chi connectivity index (χ2v) is 8.86. The number of benzene rings is 1. The van der Waals surface area contributed by atoms with E-state index in [1.54, 1.807) is 14.0 Å². The number of piperazine rings is 1. The Morgan fingerprint density at radius 2 is 1.73 bits per heavy atom. The zero-order valence-corrected chi connectivity index (χ0v) is 20.0. The third-order valence-corrected chi connectivity index (χ3v) is 6.39. The molecule has 3 heterocycles. The van der Waals surface area contributed by atoms with Gasteiger partial charge in [-0.2, -0.15) is 4.98 Å². The molecule has 4 rings (SSSR count). The number of carbonyl (C=O) groups is 2. The standard InChI is InChI=1S/C24H32N6O3/c1-15(2)30-14-20-21(23(30)32)26-24(29-12-10-28(11-13-29)17(4)31)27-22(20)25-16(3)18-6-8-19(33-5)9-7-18/h6-9,15-16H,10-14H2,1-5H3,(H,25,26,27)/t16-/m1/s1. The van der Waals surface area contributed by atoms with Gasteiger partial charge in [-0.05, 0) is 38.5 Å². The maximum atomic E-state index is 13.1. The van der Waals surface area contributed by atoms with Crippen molar-refractivity contribution < 1.29 is 14.3 Å². The van der Waals surface area contributed by atoms with Crippen LogP contribution in [0.1, 0.15) is 55.4 Å². The molecule has 2 aliphatic heterocycles. The van der Waals surface area contributed by atoms with Gasteiger partial charge in [-0.3, -0.25) is 9.59 Å². The molecule has 9 heteroatoms. The molecular formula is C24H32N6O3. The van der Waals surface area contributed by atoms with Crippen molar-refractivity contribution in [2.45, 2.75) is 46.3 Å². The molecule has 0 bridgehead atoms. The van der Waals surface area contributed by atoms with Crippen molar-refractivity contribution in [2.24, 2.45) is 0 Å². The molecule has 2 aromatic rings. The highest BCUT2D eigenvalue weighted by Crippen LogP contribution is 2.32. The van der Waals surface area contributed by atoms with E-state index < -0.39 is 0 Å². The van der Waals surface area contributed by atoms with Crippen molar-refractivity contribution in [3.8, 4) is 5.75 Å². The summed E-state index contributed by atoms with van der Waals surface area (Å²) in [5, 5.41) is 3.52. The number of aromatic nitrogens is 2. The minimum absolute atomic E-state index is 0.0273. The average Bonchev–Trinajstić information content (AvgIpc) is 3.16. The monoisotopic (exact) mass is 452 g/mol. The van der Waals surface area contributed by atoms with E-state index in [0.29, 0.717) is 50.2 Å². The summed E-state index contributed by atoms with van der Waals surface area (Å²) in [5.41, 5.74) is 2.39. The van der Waals surface area contributed by atoms with Crippen LogP contribution >= 0.6 is 0 Å². The van der Waals surface area contributed by atoms with Crippen LogP contribution < -0.4 is 15.0 Å². The summed E-state index contributed by atoms with van der Waals surface area (Å²) in [6.07, 6.45) is 0. The van der Waals surface area contributed by atoms with Crippen LogP contribution in [0.15, 0.2) is 24.3 Å². The van der Waals surface area contributed by atoms with Crippen LogP contribution in [-0.2, 0) is 11.3 Å². The van der Waals surface area contributed by atoms with Gasteiger partial charge in [0.05, 0.1) is 13.7 Å². The van der Waals surface area contributed by atoms with Crippen molar-refractivity contribution in [3.63, 3.8) is 0 Å². The smallest absolute Gasteiger partial charge is 0.273 e. The fourth-order valence-electron chi connectivity index (χ4n) is 4.26. The van der Waals surface area contributed by atoms with Gasteiger partial charge in [0.2, 0.25) is 11.9 Å². The summed E-state index contributed by atoms with van der Waals surface area (Å²) in [6, 6.07) is 7.95. The van der Waals surface area contributed by atoms with Crippen molar-refractivity contribution in [1.82, 2.24) is 19.8 Å². The van der Waals surface area contributed by atoms with Gasteiger partial charge in [-0.25, -0.2) is 4.98 Å². The molecule has 2 amide bonds. The molecule has 1 aromatic carbocycles. The van der Waals surface area contributed by atoms with Gasteiger partial charge >= 0.3 is 0 Å². The Labute approximate surface area is 194 Å². The predicted molar refractivity (Wildman–Crippen MR) is 127 cm³/mol. The first-order valence-electron chi connectivity index (χ1n) is 11.4. The number of hydrogen-bond donors (Lipinski definition) is 1. The Bertz CT molecular complexity index is 1030. The Hall–Kier alpha value is -3.36. The van der Waals surface area contributed by atoms with E-state index in [4.69, 9.17) is 9.72 Å². The van der Waals surface area contributed by atoms with Gasteiger partial charge in [0, 0.05) is 50.7 Å². The number of amides is 2. The second-order valence-electron chi connectivity index (χ2n) is 8.86. The van der Waals surface area contributed by atoms with Gasteiger partial charge in [-0.15, -0.1) is 0 Å². The number of rotatable bonds is 6. The van der Waals surface area contributed by atoms with E-state index in [2.05, 4.69) is 17.2 Å². The summed E-state index contributed by atoms with van der Waals surface area (Å²) >= 11 is 0. The van der Waals surface area contributed by atoms with Gasteiger partial charge in [0.25, 0.3) is 5.91 Å². The van der Waals surface area contributed by atoms with Crippen molar-refractivity contribution >= 4 is 23.6 Å². The van der Waals surface area contributed by atoms with Crippen molar-refractivity contribution in [3.05, 3.63) is 41.1 Å². The summed E-state index contributed by atoms with van der Waals surface area (Å²) in [4.78, 5) is 40.1. The van der Waals surface area contributed by atoms with Crippen LogP contribution in [0.3, 0.4) is 0 Å². The molecule has 176 valence electrons. The Morgan fingerprint density at radius 3 is 2.30 bits per heavy atom. The molecule has 33 heavy (non-hydrogen) atoms. The van der Waals surface area contributed by atoms with Crippen LogP contribution in [0.4, 0.5) is 11.8 Å². The highest BCUT2D eigenvalue weighted by atomic mass is 16.5. The molecule has 0 radical (unpaired) electrons. The quantitative estimate of drug-likeness (QED) is 0.721. The van der Waals surface area contributed by atoms with Crippen LogP contribution in [0.5, 0.6) is 5.75 Å². The number of carbonyl (C=O) groups excluding carboxylic acids is 2. The predicted octanol–water partition coefficient (Wildman–Crippen LogP) is 2.69. The SMILES string of the molecule is COc1ccc([C@@H](C)Nc2nc(N3CCN(C(C)=O)CC3)nc3c2CN(C(C)C)C3=O)cc1. The molecule has 9 nitrogen and oxygen atoms in total. The lowest BCUT2D eigenvalue weighted by atomic mass is 10.1. The molecule has 0 spiro atoms. The lowest BCUT2D eigenvalue weighted by Crippen LogP contribution is -2.48. The van der Waals surface area contributed by atoms with Crippen LogP contribution in [0, 0.1) is 0 Å². The summed E-state index contributed by atoms with van der Waals surface area (Å²) in [7, 11) is 1.65. The summed E-state index contributed by atoms with van der Waals surface area (Å²) in [6.45, 7) is 10.7. The largest absolute Gasteiger partial charge is 0.497 e. The zero-order chi connectivity index (χ0) is 23.7. The van der Waals surface area contributed by atoms with E-state index in [-0.39, 0.29) is 23.9 Å². The van der Waals surface area contributed by atoms with E-state index in [1.807, 2.05) is 52.8 Å². The molecule has 1 saturated heterocycles. The molecule has 0 aliphatic carbocycles. The van der Waals surface area contributed by atoms with E-state index >= 15 is 0 Å².